The molecule has 0 aromatic carbocycles. The average Bonchev–Trinajstić information content (AvgIpc) is 2.18. The zero-order valence-electron chi connectivity index (χ0n) is 11.1. The van der Waals surface area contributed by atoms with Crippen LogP contribution in [0.25, 0.3) is 0 Å². The Balaban J connectivity index is 1.94. The van der Waals surface area contributed by atoms with E-state index in [2.05, 4.69) is 17.3 Å². The number of nitrogens with zero attached hydrogens (tertiary/aromatic N) is 1. The quantitative estimate of drug-likeness (QED) is 0.753. The number of carbonyl (C=O) groups is 1. The Morgan fingerprint density at radius 2 is 1.82 bits per heavy atom. The van der Waals surface area contributed by atoms with E-state index in [4.69, 9.17) is 0 Å². The van der Waals surface area contributed by atoms with Gasteiger partial charge in [0.05, 0.1) is 0 Å². The summed E-state index contributed by atoms with van der Waals surface area (Å²) in [6, 6.07) is 1.45. The first-order valence-electron chi connectivity index (χ1n) is 6.63. The lowest BCUT2D eigenvalue weighted by molar-refractivity contribution is -0.138. The molecule has 0 spiro atoms. The number of hydrogen-bond acceptors (Lipinski definition) is 3. The Bertz CT molecular complexity index is 284. The summed E-state index contributed by atoms with van der Waals surface area (Å²) in [6.45, 7) is 3.08. The first-order chi connectivity index (χ1) is 7.88. The van der Waals surface area contributed by atoms with Gasteiger partial charge in [0.2, 0.25) is 0 Å². The number of carbonyl (C=O) groups excluding carboxylic acids is 1. The maximum absolute atomic E-state index is 11.8. The monoisotopic (exact) mass is 240 g/mol. The maximum atomic E-state index is 11.8. The van der Waals surface area contributed by atoms with Crippen molar-refractivity contribution in [3.8, 4) is 0 Å². The predicted octanol–water partition coefficient (Wildman–Crippen LogP) is 0.889. The fraction of sp³-hybridized carbons (Fsp3) is 0.923. The Morgan fingerprint density at radius 3 is 2.29 bits per heavy atom. The molecular formula is C13H24N2O2. The first kappa shape index (κ1) is 12.8. The van der Waals surface area contributed by atoms with Crippen LogP contribution < -0.4 is 5.32 Å². The highest BCUT2D eigenvalue weighted by Crippen LogP contribution is 2.32. The van der Waals surface area contributed by atoms with E-state index in [0.29, 0.717) is 12.1 Å². The lowest BCUT2D eigenvalue weighted by Crippen LogP contribution is -2.57. The van der Waals surface area contributed by atoms with Crippen molar-refractivity contribution in [2.24, 2.45) is 0 Å². The van der Waals surface area contributed by atoms with E-state index in [0.717, 1.165) is 12.8 Å². The Kier molecular flexibility index (Phi) is 3.46. The van der Waals surface area contributed by atoms with Gasteiger partial charge in [0.25, 0.3) is 5.91 Å². The molecule has 2 unspecified atom stereocenters. The Morgan fingerprint density at radius 1 is 1.29 bits per heavy atom. The summed E-state index contributed by atoms with van der Waals surface area (Å²) in [5.41, 5.74) is -1.27. The van der Waals surface area contributed by atoms with Crippen molar-refractivity contribution in [3.63, 3.8) is 0 Å². The van der Waals surface area contributed by atoms with Gasteiger partial charge in [0.15, 0.2) is 0 Å². The van der Waals surface area contributed by atoms with Gasteiger partial charge >= 0.3 is 0 Å². The number of hydrogen-bond donors (Lipinski definition) is 2. The summed E-state index contributed by atoms with van der Waals surface area (Å²) in [5.74, 6) is -0.245. The molecule has 98 valence electrons. The van der Waals surface area contributed by atoms with Gasteiger partial charge in [-0.05, 0) is 46.6 Å². The normalized spacial score (nSPS) is 34.5. The van der Waals surface area contributed by atoms with Crippen LogP contribution in [0.4, 0.5) is 0 Å². The third kappa shape index (κ3) is 2.80. The maximum Gasteiger partial charge on any atom is 0.251 e. The highest BCUT2D eigenvalue weighted by molar-refractivity contribution is 5.84. The summed E-state index contributed by atoms with van der Waals surface area (Å²) in [5, 5.41) is 12.6. The second-order valence-electron chi connectivity index (χ2n) is 6.10. The number of rotatable bonds is 2. The molecule has 2 aliphatic heterocycles. The van der Waals surface area contributed by atoms with Crippen molar-refractivity contribution in [1.29, 1.82) is 0 Å². The SMILES string of the molecule is CN1C2CCCC1CC(NC(=O)C(C)(C)O)C2. The molecule has 2 bridgehead atoms. The van der Waals surface area contributed by atoms with Gasteiger partial charge < -0.3 is 15.3 Å². The molecule has 0 aromatic heterocycles. The van der Waals surface area contributed by atoms with Crippen molar-refractivity contribution in [3.05, 3.63) is 0 Å². The molecule has 2 rings (SSSR count). The molecule has 0 aromatic rings. The highest BCUT2D eigenvalue weighted by Gasteiger charge is 2.37. The molecule has 17 heavy (non-hydrogen) atoms. The van der Waals surface area contributed by atoms with Crippen LogP contribution in [-0.2, 0) is 4.79 Å². The van der Waals surface area contributed by atoms with Crippen molar-refractivity contribution >= 4 is 5.91 Å². The summed E-state index contributed by atoms with van der Waals surface area (Å²) < 4.78 is 0. The van der Waals surface area contributed by atoms with Gasteiger partial charge in [-0.3, -0.25) is 4.79 Å². The summed E-state index contributed by atoms with van der Waals surface area (Å²) in [6.07, 6.45) is 5.83. The van der Waals surface area contributed by atoms with E-state index in [9.17, 15) is 9.90 Å². The van der Waals surface area contributed by atoms with Gasteiger partial charge in [-0.2, -0.15) is 0 Å². The predicted molar refractivity (Wildman–Crippen MR) is 66.7 cm³/mol. The molecule has 2 atom stereocenters. The molecule has 2 heterocycles. The van der Waals surface area contributed by atoms with Gasteiger partial charge in [-0.1, -0.05) is 6.42 Å². The smallest absolute Gasteiger partial charge is 0.251 e. The third-order valence-electron chi connectivity index (χ3n) is 4.23. The minimum Gasteiger partial charge on any atom is -0.381 e. The van der Waals surface area contributed by atoms with Gasteiger partial charge in [0.1, 0.15) is 5.60 Å². The average molecular weight is 240 g/mol. The van der Waals surface area contributed by atoms with Crippen molar-refractivity contribution < 1.29 is 9.90 Å². The molecule has 2 N–H and O–H groups in total. The molecular weight excluding hydrogens is 216 g/mol. The van der Waals surface area contributed by atoms with Crippen LogP contribution in [0.1, 0.15) is 46.0 Å². The standard InChI is InChI=1S/C13H24N2O2/c1-13(2,17)12(16)14-9-7-10-5-4-6-11(8-9)15(10)3/h9-11,17H,4-8H2,1-3H3,(H,14,16). The minimum atomic E-state index is -1.27. The number of aliphatic hydroxyl groups is 1. The second kappa shape index (κ2) is 4.58. The van der Waals surface area contributed by atoms with Crippen molar-refractivity contribution in [2.75, 3.05) is 7.05 Å². The molecule has 4 nitrogen and oxygen atoms in total. The molecule has 0 aliphatic carbocycles. The van der Waals surface area contributed by atoms with Crippen LogP contribution in [0.2, 0.25) is 0 Å². The van der Waals surface area contributed by atoms with E-state index < -0.39 is 5.60 Å². The van der Waals surface area contributed by atoms with Crippen LogP contribution in [-0.4, -0.2) is 46.7 Å². The van der Waals surface area contributed by atoms with Crippen LogP contribution in [0.3, 0.4) is 0 Å². The molecule has 2 fully saturated rings. The lowest BCUT2D eigenvalue weighted by Gasteiger charge is -2.47. The van der Waals surface area contributed by atoms with E-state index in [-0.39, 0.29) is 11.9 Å². The topological polar surface area (TPSA) is 52.6 Å². The lowest BCUT2D eigenvalue weighted by atomic mass is 9.82. The molecule has 2 aliphatic rings. The number of fused-ring (bicyclic) bond motifs is 2. The molecule has 2 saturated heterocycles. The Labute approximate surface area is 103 Å². The molecule has 0 saturated carbocycles. The van der Waals surface area contributed by atoms with Crippen LogP contribution in [0, 0.1) is 0 Å². The fourth-order valence-electron chi connectivity index (χ4n) is 3.10. The van der Waals surface area contributed by atoms with Crippen LogP contribution in [0.15, 0.2) is 0 Å². The van der Waals surface area contributed by atoms with Crippen LogP contribution in [0.5, 0.6) is 0 Å². The molecule has 4 heteroatoms. The molecule has 0 radical (unpaired) electrons. The third-order valence-corrected chi connectivity index (χ3v) is 4.23. The van der Waals surface area contributed by atoms with Crippen molar-refractivity contribution in [2.45, 2.75) is 69.7 Å². The largest absolute Gasteiger partial charge is 0.381 e. The van der Waals surface area contributed by atoms with Gasteiger partial charge in [-0.25, -0.2) is 0 Å². The summed E-state index contributed by atoms with van der Waals surface area (Å²) in [4.78, 5) is 14.2. The Hall–Kier alpha value is -0.610. The van der Waals surface area contributed by atoms with Crippen LogP contribution >= 0.6 is 0 Å². The van der Waals surface area contributed by atoms with E-state index in [1.54, 1.807) is 0 Å². The van der Waals surface area contributed by atoms with E-state index in [1.165, 1.54) is 33.1 Å². The first-order valence-corrected chi connectivity index (χ1v) is 6.63. The van der Waals surface area contributed by atoms with Crippen molar-refractivity contribution in [1.82, 2.24) is 10.2 Å². The van der Waals surface area contributed by atoms with E-state index in [1.807, 2.05) is 0 Å². The zero-order valence-corrected chi connectivity index (χ0v) is 11.1. The number of amides is 1. The summed E-state index contributed by atoms with van der Waals surface area (Å²) >= 11 is 0. The van der Waals surface area contributed by atoms with Gasteiger partial charge in [-0.15, -0.1) is 0 Å². The second-order valence-corrected chi connectivity index (χ2v) is 6.10. The number of nitrogens with one attached hydrogen (secondary N) is 1. The fourth-order valence-corrected chi connectivity index (χ4v) is 3.10. The molecule has 1 amide bonds. The van der Waals surface area contributed by atoms with Gasteiger partial charge in [0, 0.05) is 18.1 Å². The minimum absolute atomic E-state index is 0.237. The highest BCUT2D eigenvalue weighted by atomic mass is 16.3. The summed E-state index contributed by atoms with van der Waals surface area (Å²) in [7, 11) is 2.20. The van der Waals surface area contributed by atoms with E-state index >= 15 is 0 Å². The number of piperidine rings is 2. The zero-order chi connectivity index (χ0) is 12.6.